The van der Waals surface area contributed by atoms with Gasteiger partial charge in [-0.3, -0.25) is 0 Å². The van der Waals surface area contributed by atoms with Gasteiger partial charge in [0.15, 0.2) is 0 Å². The van der Waals surface area contributed by atoms with Gasteiger partial charge in [-0.2, -0.15) is 11.8 Å². The Bertz CT molecular complexity index is 380. The van der Waals surface area contributed by atoms with E-state index in [0.717, 1.165) is 18.6 Å². The predicted molar refractivity (Wildman–Crippen MR) is 74.8 cm³/mol. The third-order valence-corrected chi connectivity index (χ3v) is 3.95. The highest BCUT2D eigenvalue weighted by Gasteiger charge is 2.25. The highest BCUT2D eigenvalue weighted by Crippen LogP contribution is 2.35. The van der Waals surface area contributed by atoms with Crippen molar-refractivity contribution in [3.8, 4) is 5.75 Å². The summed E-state index contributed by atoms with van der Waals surface area (Å²) in [5.74, 6) is 2.19. The van der Waals surface area contributed by atoms with Gasteiger partial charge in [-0.25, -0.2) is 0 Å². The van der Waals surface area contributed by atoms with Crippen LogP contribution in [0, 0.1) is 6.92 Å². The lowest BCUT2D eigenvalue weighted by molar-refractivity contribution is 0.149. The van der Waals surface area contributed by atoms with Gasteiger partial charge in [-0.15, -0.1) is 0 Å². The first kappa shape index (κ1) is 12.8. The fourth-order valence-electron chi connectivity index (χ4n) is 2.33. The number of aryl methyl sites for hydroxylation is 1. The second kappa shape index (κ2) is 5.78. The Labute approximate surface area is 108 Å². The lowest BCUT2D eigenvalue weighted by Crippen LogP contribution is -2.29. The summed E-state index contributed by atoms with van der Waals surface area (Å²) >= 11 is 1.89. The van der Waals surface area contributed by atoms with E-state index in [0.29, 0.717) is 6.10 Å². The van der Waals surface area contributed by atoms with Crippen molar-refractivity contribution in [2.75, 3.05) is 12.0 Å². The molecular formula is C14H21NOS. The van der Waals surface area contributed by atoms with Crippen molar-refractivity contribution in [2.24, 2.45) is 5.73 Å². The van der Waals surface area contributed by atoms with Crippen LogP contribution in [0.4, 0.5) is 0 Å². The van der Waals surface area contributed by atoms with Gasteiger partial charge in [0.05, 0.1) is 0 Å². The lowest BCUT2D eigenvalue weighted by atomic mass is 9.94. The zero-order valence-electron chi connectivity index (χ0n) is 10.6. The summed E-state index contributed by atoms with van der Waals surface area (Å²) in [7, 11) is 0. The molecule has 2 atom stereocenters. The van der Waals surface area contributed by atoms with E-state index in [-0.39, 0.29) is 6.04 Å². The van der Waals surface area contributed by atoms with Crippen LogP contribution in [0.1, 0.15) is 36.4 Å². The van der Waals surface area contributed by atoms with Crippen molar-refractivity contribution in [3.63, 3.8) is 0 Å². The molecule has 0 radical (unpaired) electrons. The molecule has 0 spiro atoms. The molecule has 0 amide bonds. The number of hydrogen-bond donors (Lipinski definition) is 1. The summed E-state index contributed by atoms with van der Waals surface area (Å²) in [6, 6.07) is 6.44. The van der Waals surface area contributed by atoms with Crippen LogP contribution in [0.15, 0.2) is 18.2 Å². The van der Waals surface area contributed by atoms with Crippen molar-refractivity contribution < 1.29 is 4.74 Å². The molecular weight excluding hydrogens is 230 g/mol. The average Bonchev–Trinajstić information content (AvgIpc) is 2.31. The number of rotatable bonds is 4. The highest BCUT2D eigenvalue weighted by atomic mass is 32.2. The summed E-state index contributed by atoms with van der Waals surface area (Å²) in [6.45, 7) is 2.09. The normalized spacial score (nSPS) is 23.0. The van der Waals surface area contributed by atoms with Gasteiger partial charge < -0.3 is 10.5 Å². The third kappa shape index (κ3) is 3.17. The third-order valence-electron chi connectivity index (χ3n) is 3.25. The van der Waals surface area contributed by atoms with E-state index < -0.39 is 0 Å². The van der Waals surface area contributed by atoms with E-state index in [9.17, 15) is 0 Å². The first-order chi connectivity index (χ1) is 8.20. The van der Waals surface area contributed by atoms with Crippen LogP contribution in [-0.4, -0.2) is 18.1 Å². The van der Waals surface area contributed by atoms with Gasteiger partial charge in [-0.1, -0.05) is 17.7 Å². The van der Waals surface area contributed by atoms with E-state index in [1.54, 1.807) is 0 Å². The van der Waals surface area contributed by atoms with Crippen LogP contribution in [-0.2, 0) is 0 Å². The number of nitrogens with two attached hydrogens (primary N) is 1. The summed E-state index contributed by atoms with van der Waals surface area (Å²) in [6.07, 6.45) is 5.71. The summed E-state index contributed by atoms with van der Waals surface area (Å²) in [5, 5.41) is 0. The molecule has 0 saturated carbocycles. The molecule has 1 aliphatic heterocycles. The molecule has 94 valence electrons. The van der Waals surface area contributed by atoms with Crippen molar-refractivity contribution in [1.29, 1.82) is 0 Å². The van der Waals surface area contributed by atoms with Crippen molar-refractivity contribution >= 4 is 11.8 Å². The monoisotopic (exact) mass is 251 g/mol. The zero-order valence-corrected chi connectivity index (χ0v) is 11.4. The fraction of sp³-hybridized carbons (Fsp3) is 0.571. The maximum absolute atomic E-state index is 6.22. The smallest absolute Gasteiger partial charge is 0.124 e. The highest BCUT2D eigenvalue weighted by molar-refractivity contribution is 7.98. The molecule has 0 aliphatic carbocycles. The quantitative estimate of drug-likeness (QED) is 0.834. The van der Waals surface area contributed by atoms with E-state index in [4.69, 9.17) is 10.5 Å². The molecule has 0 saturated heterocycles. The predicted octanol–water partition coefficient (Wildman–Crippen LogP) is 3.29. The minimum absolute atomic E-state index is 0.137. The van der Waals surface area contributed by atoms with E-state index >= 15 is 0 Å². The molecule has 1 unspecified atom stereocenters. The Hall–Kier alpha value is -0.670. The molecule has 1 aliphatic rings. The van der Waals surface area contributed by atoms with Gasteiger partial charge in [0.25, 0.3) is 0 Å². The van der Waals surface area contributed by atoms with Crippen LogP contribution in [0.3, 0.4) is 0 Å². The van der Waals surface area contributed by atoms with Crippen molar-refractivity contribution in [3.05, 3.63) is 29.3 Å². The second-order valence-corrected chi connectivity index (χ2v) is 5.74. The van der Waals surface area contributed by atoms with Gasteiger partial charge >= 0.3 is 0 Å². The van der Waals surface area contributed by atoms with E-state index in [2.05, 4.69) is 31.4 Å². The molecule has 2 N–H and O–H groups in total. The Kier molecular flexibility index (Phi) is 4.35. The van der Waals surface area contributed by atoms with Crippen LogP contribution < -0.4 is 10.5 Å². The number of ether oxygens (including phenoxy) is 1. The summed E-state index contributed by atoms with van der Waals surface area (Å²) < 4.78 is 6.01. The van der Waals surface area contributed by atoms with Crippen LogP contribution >= 0.6 is 11.8 Å². The average molecular weight is 251 g/mol. The minimum atomic E-state index is 0.137. The lowest BCUT2D eigenvalue weighted by Gasteiger charge is -2.30. The second-order valence-electron chi connectivity index (χ2n) is 4.76. The molecule has 3 heteroatoms. The number of thioether (sulfide) groups is 1. The number of hydrogen-bond acceptors (Lipinski definition) is 3. The standard InChI is InChI=1S/C14H21NOS/c1-10-5-6-14-12(8-10)13(15)9-11(16-14)4-3-7-17-2/h5-6,8,11,13H,3-4,7,9,15H2,1-2H3/t11?,13-/m1/s1. The van der Waals surface area contributed by atoms with Gasteiger partial charge in [0.1, 0.15) is 11.9 Å². The van der Waals surface area contributed by atoms with Crippen LogP contribution in [0.2, 0.25) is 0 Å². The first-order valence-corrected chi connectivity index (χ1v) is 7.62. The van der Waals surface area contributed by atoms with Crippen molar-refractivity contribution in [2.45, 2.75) is 38.3 Å². The minimum Gasteiger partial charge on any atom is -0.490 e. The van der Waals surface area contributed by atoms with E-state index in [1.165, 1.54) is 23.3 Å². The number of benzene rings is 1. The van der Waals surface area contributed by atoms with Gasteiger partial charge in [0.2, 0.25) is 0 Å². The molecule has 0 aromatic heterocycles. The Morgan fingerprint density at radius 3 is 3.06 bits per heavy atom. The summed E-state index contributed by atoms with van der Waals surface area (Å²) in [4.78, 5) is 0. The van der Waals surface area contributed by atoms with Crippen LogP contribution in [0.5, 0.6) is 5.75 Å². The molecule has 2 rings (SSSR count). The van der Waals surface area contributed by atoms with Gasteiger partial charge in [0, 0.05) is 18.0 Å². The summed E-state index contributed by atoms with van der Waals surface area (Å²) in [5.41, 5.74) is 8.65. The zero-order chi connectivity index (χ0) is 12.3. The van der Waals surface area contributed by atoms with E-state index in [1.807, 2.05) is 11.8 Å². The van der Waals surface area contributed by atoms with Crippen molar-refractivity contribution in [1.82, 2.24) is 0 Å². The Morgan fingerprint density at radius 2 is 2.29 bits per heavy atom. The molecule has 0 bridgehead atoms. The molecule has 0 fully saturated rings. The largest absolute Gasteiger partial charge is 0.490 e. The first-order valence-electron chi connectivity index (χ1n) is 6.22. The van der Waals surface area contributed by atoms with Gasteiger partial charge in [-0.05, 0) is 37.8 Å². The molecule has 2 nitrogen and oxygen atoms in total. The van der Waals surface area contributed by atoms with Crippen LogP contribution in [0.25, 0.3) is 0 Å². The fourth-order valence-corrected chi connectivity index (χ4v) is 2.79. The molecule has 1 aromatic carbocycles. The topological polar surface area (TPSA) is 35.2 Å². The Morgan fingerprint density at radius 1 is 1.47 bits per heavy atom. The SMILES string of the molecule is CSCCCC1C[C@@H](N)c2cc(C)ccc2O1. The molecule has 1 heterocycles. The maximum Gasteiger partial charge on any atom is 0.124 e. The Balaban J connectivity index is 2.03. The molecule has 17 heavy (non-hydrogen) atoms. The number of fused-ring (bicyclic) bond motifs is 1. The maximum atomic E-state index is 6.22. The molecule has 1 aromatic rings.